The van der Waals surface area contributed by atoms with Gasteiger partial charge in [-0.2, -0.15) is 0 Å². The van der Waals surface area contributed by atoms with Gasteiger partial charge in [0.15, 0.2) is 4.90 Å². The molecule has 19 heavy (non-hydrogen) atoms. The topological polar surface area (TPSA) is 92.4 Å². The molecule has 1 aliphatic rings. The molecule has 4 N–H and O–H groups in total. The van der Waals surface area contributed by atoms with Gasteiger partial charge < -0.3 is 10.8 Å². The summed E-state index contributed by atoms with van der Waals surface area (Å²) in [5, 5.41) is 9.20. The Labute approximate surface area is 109 Å². The highest BCUT2D eigenvalue weighted by Gasteiger charge is 2.41. The van der Waals surface area contributed by atoms with Crippen LogP contribution in [0.5, 0.6) is 0 Å². The van der Waals surface area contributed by atoms with Crippen molar-refractivity contribution in [3.8, 4) is 0 Å². The molecule has 0 unspecified atom stereocenters. The van der Waals surface area contributed by atoms with Gasteiger partial charge in [0.1, 0.15) is 11.6 Å². The number of anilines is 1. The largest absolute Gasteiger partial charge is 0.399 e. The second-order valence-corrected chi connectivity index (χ2v) is 6.33. The molecule has 8 heteroatoms. The van der Waals surface area contributed by atoms with Crippen LogP contribution in [0.1, 0.15) is 19.3 Å². The van der Waals surface area contributed by atoms with E-state index in [1.807, 2.05) is 0 Å². The first-order valence-corrected chi connectivity index (χ1v) is 7.17. The molecule has 0 heterocycles. The Kier molecular flexibility index (Phi) is 3.50. The van der Waals surface area contributed by atoms with E-state index in [0.29, 0.717) is 12.8 Å². The summed E-state index contributed by atoms with van der Waals surface area (Å²) in [5.41, 5.74) is 4.01. The number of benzene rings is 1. The third kappa shape index (κ3) is 2.56. The van der Waals surface area contributed by atoms with Crippen molar-refractivity contribution in [2.75, 3.05) is 12.3 Å². The molecular formula is C11H14F2N2O3S. The van der Waals surface area contributed by atoms with Crippen molar-refractivity contribution in [2.45, 2.75) is 29.7 Å². The second-order valence-electron chi connectivity index (χ2n) is 4.71. The molecule has 0 atom stereocenters. The Morgan fingerprint density at radius 2 is 1.84 bits per heavy atom. The number of nitrogens with two attached hydrogens (primary N) is 1. The zero-order valence-electron chi connectivity index (χ0n) is 9.99. The minimum atomic E-state index is -4.38. The van der Waals surface area contributed by atoms with Gasteiger partial charge in [0.2, 0.25) is 10.0 Å². The lowest BCUT2D eigenvalue weighted by Gasteiger charge is -2.40. The third-order valence-corrected chi connectivity index (χ3v) is 4.88. The summed E-state index contributed by atoms with van der Waals surface area (Å²) in [5.74, 6) is -2.50. The van der Waals surface area contributed by atoms with Crippen LogP contribution in [0.25, 0.3) is 0 Å². The van der Waals surface area contributed by atoms with Crippen molar-refractivity contribution >= 4 is 15.7 Å². The maximum Gasteiger partial charge on any atom is 0.247 e. The lowest BCUT2D eigenvalue weighted by Crippen LogP contribution is -2.56. The fraction of sp³-hybridized carbons (Fsp3) is 0.455. The van der Waals surface area contributed by atoms with E-state index in [1.165, 1.54) is 0 Å². The zero-order valence-corrected chi connectivity index (χ0v) is 10.8. The van der Waals surface area contributed by atoms with Crippen LogP contribution in [0.4, 0.5) is 14.5 Å². The number of nitrogen functional groups attached to an aromatic ring is 1. The Morgan fingerprint density at radius 3 is 2.21 bits per heavy atom. The van der Waals surface area contributed by atoms with Crippen LogP contribution in [-0.2, 0) is 10.0 Å². The van der Waals surface area contributed by atoms with Crippen molar-refractivity contribution < 1.29 is 22.3 Å². The standard InChI is InChI=1S/C11H14F2N2O3S/c12-8-4-7(14)5-9(13)10(8)19(17,18)15-11(6-16)2-1-3-11/h4-5,15-16H,1-3,6,14H2. The van der Waals surface area contributed by atoms with Gasteiger partial charge in [0.05, 0.1) is 12.1 Å². The molecule has 0 radical (unpaired) electrons. The van der Waals surface area contributed by atoms with E-state index in [2.05, 4.69) is 4.72 Å². The van der Waals surface area contributed by atoms with Gasteiger partial charge in [0.25, 0.3) is 0 Å². The number of sulfonamides is 1. The Morgan fingerprint density at radius 1 is 1.32 bits per heavy atom. The molecule has 0 aromatic heterocycles. The minimum absolute atomic E-state index is 0.200. The number of rotatable bonds is 4. The van der Waals surface area contributed by atoms with E-state index in [9.17, 15) is 22.3 Å². The maximum atomic E-state index is 13.6. The lowest BCUT2D eigenvalue weighted by atomic mass is 9.78. The van der Waals surface area contributed by atoms with E-state index in [4.69, 9.17) is 5.73 Å². The van der Waals surface area contributed by atoms with Crippen LogP contribution in [0, 0.1) is 11.6 Å². The average Bonchev–Trinajstić information content (AvgIpc) is 2.21. The number of aliphatic hydroxyl groups excluding tert-OH is 1. The molecular weight excluding hydrogens is 278 g/mol. The molecule has 0 amide bonds. The molecule has 1 aromatic carbocycles. The van der Waals surface area contributed by atoms with Gasteiger partial charge in [-0.25, -0.2) is 21.9 Å². The summed E-state index contributed by atoms with van der Waals surface area (Å²) in [6, 6.07) is 1.48. The molecule has 2 rings (SSSR count). The monoisotopic (exact) mass is 292 g/mol. The Bertz CT molecular complexity index is 571. The maximum absolute atomic E-state index is 13.6. The first kappa shape index (κ1) is 14.2. The van der Waals surface area contributed by atoms with Gasteiger partial charge in [0, 0.05) is 5.69 Å². The van der Waals surface area contributed by atoms with Crippen molar-refractivity contribution in [2.24, 2.45) is 0 Å². The van der Waals surface area contributed by atoms with Gasteiger partial charge in [-0.1, -0.05) is 0 Å². The SMILES string of the molecule is Nc1cc(F)c(S(=O)(=O)NC2(CO)CCC2)c(F)c1. The van der Waals surface area contributed by atoms with Crippen LogP contribution in [0.3, 0.4) is 0 Å². The van der Waals surface area contributed by atoms with Crippen molar-refractivity contribution in [3.05, 3.63) is 23.8 Å². The molecule has 106 valence electrons. The first-order chi connectivity index (χ1) is 8.80. The predicted molar refractivity (Wildman–Crippen MR) is 64.8 cm³/mol. The summed E-state index contributed by atoms with van der Waals surface area (Å²) >= 11 is 0. The number of nitrogens with one attached hydrogen (secondary N) is 1. The molecule has 0 saturated heterocycles. The summed E-state index contributed by atoms with van der Waals surface area (Å²) in [7, 11) is -4.38. The summed E-state index contributed by atoms with van der Waals surface area (Å²) in [6.07, 6.45) is 1.61. The summed E-state index contributed by atoms with van der Waals surface area (Å²) in [6.45, 7) is -0.412. The fourth-order valence-electron chi connectivity index (χ4n) is 2.07. The van der Waals surface area contributed by atoms with Crippen LogP contribution in [0.2, 0.25) is 0 Å². The normalized spacial score (nSPS) is 18.1. The smallest absolute Gasteiger partial charge is 0.247 e. The van der Waals surface area contributed by atoms with Crippen LogP contribution >= 0.6 is 0 Å². The first-order valence-electron chi connectivity index (χ1n) is 5.69. The molecule has 0 bridgehead atoms. The third-order valence-electron chi connectivity index (χ3n) is 3.25. The number of hydrogen-bond acceptors (Lipinski definition) is 4. The molecule has 1 fully saturated rings. The quantitative estimate of drug-likeness (QED) is 0.714. The van der Waals surface area contributed by atoms with Gasteiger partial charge in [-0.05, 0) is 31.4 Å². The van der Waals surface area contributed by atoms with Gasteiger partial charge in [-0.15, -0.1) is 0 Å². The number of aliphatic hydroxyl groups is 1. The molecule has 1 saturated carbocycles. The fourth-order valence-corrected chi connectivity index (χ4v) is 3.64. The zero-order chi connectivity index (χ0) is 14.3. The van der Waals surface area contributed by atoms with Crippen molar-refractivity contribution in [3.63, 3.8) is 0 Å². The van der Waals surface area contributed by atoms with E-state index < -0.39 is 38.7 Å². The molecule has 1 aliphatic carbocycles. The van der Waals surface area contributed by atoms with Gasteiger partial charge >= 0.3 is 0 Å². The summed E-state index contributed by atoms with van der Waals surface area (Å²) in [4.78, 5) is -1.07. The minimum Gasteiger partial charge on any atom is -0.399 e. The number of halogens is 2. The average molecular weight is 292 g/mol. The molecule has 1 aromatic rings. The lowest BCUT2D eigenvalue weighted by molar-refractivity contribution is 0.110. The highest BCUT2D eigenvalue weighted by atomic mass is 32.2. The predicted octanol–water partition coefficient (Wildman–Crippen LogP) is 0.740. The van der Waals surface area contributed by atoms with E-state index in [1.54, 1.807) is 0 Å². The number of hydrogen-bond donors (Lipinski definition) is 3. The van der Waals surface area contributed by atoms with Crippen LogP contribution in [0.15, 0.2) is 17.0 Å². The van der Waals surface area contributed by atoms with E-state index >= 15 is 0 Å². The van der Waals surface area contributed by atoms with Crippen LogP contribution in [-0.4, -0.2) is 25.7 Å². The molecule has 0 spiro atoms. The van der Waals surface area contributed by atoms with Gasteiger partial charge in [-0.3, -0.25) is 0 Å². The highest BCUT2D eigenvalue weighted by molar-refractivity contribution is 7.89. The van der Waals surface area contributed by atoms with Crippen molar-refractivity contribution in [1.29, 1.82) is 0 Å². The molecule has 0 aliphatic heterocycles. The Balaban J connectivity index is 2.40. The van der Waals surface area contributed by atoms with Crippen molar-refractivity contribution in [1.82, 2.24) is 4.72 Å². The van der Waals surface area contributed by atoms with E-state index in [-0.39, 0.29) is 5.69 Å². The van der Waals surface area contributed by atoms with E-state index in [0.717, 1.165) is 18.6 Å². The highest BCUT2D eigenvalue weighted by Crippen LogP contribution is 2.33. The summed E-state index contributed by atoms with van der Waals surface area (Å²) < 4.78 is 53.4. The Hall–Kier alpha value is -1.25. The molecule has 5 nitrogen and oxygen atoms in total. The second kappa shape index (κ2) is 4.69. The van der Waals surface area contributed by atoms with Crippen LogP contribution < -0.4 is 10.5 Å².